The van der Waals surface area contributed by atoms with Gasteiger partial charge in [-0.05, 0) is 62.4 Å². The normalized spacial score (nSPS) is 22.7. The molecule has 1 aromatic rings. The highest BCUT2D eigenvalue weighted by Gasteiger charge is 2.30. The maximum absolute atomic E-state index is 14.7. The Morgan fingerprint density at radius 1 is 1.14 bits per heavy atom. The van der Waals surface area contributed by atoms with Gasteiger partial charge >= 0.3 is 0 Å². The molecule has 1 aromatic carbocycles. The van der Waals surface area contributed by atoms with Crippen molar-refractivity contribution in [2.45, 2.75) is 44.7 Å². The summed E-state index contributed by atoms with van der Waals surface area (Å²) in [5.41, 5.74) is 0.427. The minimum atomic E-state index is -1.38. The van der Waals surface area contributed by atoms with E-state index in [4.69, 9.17) is 9.47 Å². The predicted molar refractivity (Wildman–Crippen MR) is 81.0 cm³/mol. The standard InChI is InChI=1S/C17H24FNO2/c1-17(2,18)14-10-16-15(20-7-4-8-21-16)9-13(14)12-5-3-6-19-11-12/h9-10,12,19H,3-8,11H2,1-2H3. The molecule has 0 aromatic heterocycles. The molecule has 3 nitrogen and oxygen atoms in total. The van der Waals surface area contributed by atoms with Crippen molar-refractivity contribution in [3.63, 3.8) is 0 Å². The van der Waals surface area contributed by atoms with Gasteiger partial charge in [-0.3, -0.25) is 0 Å². The quantitative estimate of drug-likeness (QED) is 0.905. The first-order valence-corrected chi connectivity index (χ1v) is 7.89. The van der Waals surface area contributed by atoms with Crippen molar-refractivity contribution in [1.29, 1.82) is 0 Å². The molecule has 2 heterocycles. The van der Waals surface area contributed by atoms with Crippen molar-refractivity contribution in [2.75, 3.05) is 26.3 Å². The van der Waals surface area contributed by atoms with E-state index >= 15 is 0 Å². The fraction of sp³-hybridized carbons (Fsp3) is 0.647. The fourth-order valence-electron chi connectivity index (χ4n) is 3.19. The molecular weight excluding hydrogens is 269 g/mol. The summed E-state index contributed by atoms with van der Waals surface area (Å²) in [6, 6.07) is 3.86. The molecule has 4 heteroatoms. The number of piperidine rings is 1. The maximum Gasteiger partial charge on any atom is 0.161 e. The van der Waals surface area contributed by atoms with Crippen LogP contribution in [0.25, 0.3) is 0 Å². The number of alkyl halides is 1. The second kappa shape index (κ2) is 5.84. The number of nitrogens with one attached hydrogen (secondary N) is 1. The first-order chi connectivity index (χ1) is 10.1. The van der Waals surface area contributed by atoms with E-state index < -0.39 is 5.67 Å². The van der Waals surface area contributed by atoms with Gasteiger partial charge in [0.25, 0.3) is 0 Å². The van der Waals surface area contributed by atoms with E-state index in [-0.39, 0.29) is 0 Å². The smallest absolute Gasteiger partial charge is 0.161 e. The molecule has 1 saturated heterocycles. The van der Waals surface area contributed by atoms with Crippen LogP contribution in [0.15, 0.2) is 12.1 Å². The van der Waals surface area contributed by atoms with Crippen LogP contribution in [0.1, 0.15) is 50.2 Å². The van der Waals surface area contributed by atoms with Crippen LogP contribution in [0.2, 0.25) is 0 Å². The van der Waals surface area contributed by atoms with E-state index in [1.54, 1.807) is 13.8 Å². The Morgan fingerprint density at radius 3 is 2.48 bits per heavy atom. The summed E-state index contributed by atoms with van der Waals surface area (Å²) in [7, 11) is 0. The lowest BCUT2D eigenvalue weighted by Gasteiger charge is -2.29. The highest BCUT2D eigenvalue weighted by Crippen LogP contribution is 2.42. The highest BCUT2D eigenvalue weighted by molar-refractivity contribution is 5.51. The zero-order chi connectivity index (χ0) is 14.9. The molecule has 116 valence electrons. The second-order valence-corrected chi connectivity index (χ2v) is 6.45. The Hall–Kier alpha value is -1.29. The van der Waals surface area contributed by atoms with Crippen LogP contribution in [0, 0.1) is 0 Å². The van der Waals surface area contributed by atoms with Gasteiger partial charge in [0.15, 0.2) is 11.5 Å². The molecule has 2 aliphatic heterocycles. The molecule has 1 fully saturated rings. The molecule has 0 radical (unpaired) electrons. The van der Waals surface area contributed by atoms with Gasteiger partial charge in [0.05, 0.1) is 13.2 Å². The summed E-state index contributed by atoms with van der Waals surface area (Å²) in [5, 5.41) is 3.41. The van der Waals surface area contributed by atoms with Crippen LogP contribution in [0.4, 0.5) is 4.39 Å². The number of rotatable bonds is 2. The lowest BCUT2D eigenvalue weighted by Crippen LogP contribution is -2.30. The third-order valence-corrected chi connectivity index (χ3v) is 4.30. The molecule has 1 atom stereocenters. The lowest BCUT2D eigenvalue weighted by atomic mass is 9.83. The zero-order valence-electron chi connectivity index (χ0n) is 12.9. The van der Waals surface area contributed by atoms with Crippen LogP contribution >= 0.6 is 0 Å². The minimum absolute atomic E-state index is 0.348. The van der Waals surface area contributed by atoms with Crippen molar-refractivity contribution in [2.24, 2.45) is 0 Å². The van der Waals surface area contributed by atoms with Crippen LogP contribution in [-0.4, -0.2) is 26.3 Å². The van der Waals surface area contributed by atoms with Crippen molar-refractivity contribution in [3.05, 3.63) is 23.3 Å². The molecule has 0 aliphatic carbocycles. The van der Waals surface area contributed by atoms with Gasteiger partial charge in [-0.15, -0.1) is 0 Å². The largest absolute Gasteiger partial charge is 0.490 e. The third-order valence-electron chi connectivity index (χ3n) is 4.30. The summed E-state index contributed by atoms with van der Waals surface area (Å²) in [4.78, 5) is 0. The molecule has 0 amide bonds. The van der Waals surface area contributed by atoms with E-state index in [1.807, 2.05) is 12.1 Å². The minimum Gasteiger partial charge on any atom is -0.490 e. The Balaban J connectivity index is 2.04. The molecule has 21 heavy (non-hydrogen) atoms. The van der Waals surface area contributed by atoms with E-state index in [9.17, 15) is 4.39 Å². The molecule has 1 N–H and O–H groups in total. The van der Waals surface area contributed by atoms with Gasteiger partial charge in [0, 0.05) is 13.0 Å². The fourth-order valence-corrected chi connectivity index (χ4v) is 3.19. The topological polar surface area (TPSA) is 30.5 Å². The van der Waals surface area contributed by atoms with Crippen molar-refractivity contribution in [3.8, 4) is 11.5 Å². The van der Waals surface area contributed by atoms with Gasteiger partial charge < -0.3 is 14.8 Å². The predicted octanol–water partition coefficient (Wildman–Crippen LogP) is 3.52. The van der Waals surface area contributed by atoms with E-state index in [0.29, 0.717) is 24.9 Å². The first-order valence-electron chi connectivity index (χ1n) is 7.89. The Morgan fingerprint density at radius 2 is 1.86 bits per heavy atom. The van der Waals surface area contributed by atoms with Crippen molar-refractivity contribution in [1.82, 2.24) is 5.32 Å². The third kappa shape index (κ3) is 3.15. The maximum atomic E-state index is 14.7. The summed E-state index contributed by atoms with van der Waals surface area (Å²) in [5.74, 6) is 1.79. The van der Waals surface area contributed by atoms with E-state index in [2.05, 4.69) is 5.32 Å². The number of hydrogen-bond acceptors (Lipinski definition) is 3. The molecule has 3 rings (SSSR count). The van der Waals surface area contributed by atoms with Gasteiger partial charge in [-0.2, -0.15) is 0 Å². The monoisotopic (exact) mass is 293 g/mol. The number of fused-ring (bicyclic) bond motifs is 1. The Labute approximate surface area is 125 Å². The summed E-state index contributed by atoms with van der Waals surface area (Å²) >= 11 is 0. The summed E-state index contributed by atoms with van der Waals surface area (Å²) < 4.78 is 26.2. The van der Waals surface area contributed by atoms with E-state index in [0.717, 1.165) is 49.2 Å². The number of hydrogen-bond donors (Lipinski definition) is 1. The van der Waals surface area contributed by atoms with Crippen LogP contribution in [-0.2, 0) is 5.67 Å². The number of ether oxygens (including phenoxy) is 2. The second-order valence-electron chi connectivity index (χ2n) is 6.45. The molecule has 2 aliphatic rings. The van der Waals surface area contributed by atoms with Crippen LogP contribution in [0.3, 0.4) is 0 Å². The van der Waals surface area contributed by atoms with Gasteiger partial charge in [-0.1, -0.05) is 0 Å². The van der Waals surface area contributed by atoms with Gasteiger partial charge in [0.2, 0.25) is 0 Å². The molecule has 0 saturated carbocycles. The first kappa shape index (κ1) is 14.6. The average molecular weight is 293 g/mol. The molecule has 0 bridgehead atoms. The SMILES string of the molecule is CC(C)(F)c1cc2c(cc1C1CCCNC1)OCCCO2. The van der Waals surface area contributed by atoms with Gasteiger partial charge in [0.1, 0.15) is 5.67 Å². The zero-order valence-corrected chi connectivity index (χ0v) is 12.9. The van der Waals surface area contributed by atoms with Gasteiger partial charge in [-0.25, -0.2) is 4.39 Å². The number of benzene rings is 1. The van der Waals surface area contributed by atoms with Crippen LogP contribution in [0.5, 0.6) is 11.5 Å². The Kier molecular flexibility index (Phi) is 4.07. The summed E-state index contributed by atoms with van der Waals surface area (Å²) in [6.45, 7) is 6.48. The van der Waals surface area contributed by atoms with Crippen molar-refractivity contribution < 1.29 is 13.9 Å². The van der Waals surface area contributed by atoms with Crippen LogP contribution < -0.4 is 14.8 Å². The molecular formula is C17H24FNO2. The lowest BCUT2D eigenvalue weighted by molar-refractivity contribution is 0.216. The van der Waals surface area contributed by atoms with Crippen molar-refractivity contribution >= 4 is 0 Å². The number of halogens is 1. The highest BCUT2D eigenvalue weighted by atomic mass is 19.1. The average Bonchev–Trinajstić information content (AvgIpc) is 2.70. The summed E-state index contributed by atoms with van der Waals surface area (Å²) in [6.07, 6.45) is 3.09. The van der Waals surface area contributed by atoms with E-state index in [1.165, 1.54) is 0 Å². The molecule has 1 unspecified atom stereocenters. The molecule has 0 spiro atoms. The Bertz CT molecular complexity index is 504.